The van der Waals surface area contributed by atoms with Crippen molar-refractivity contribution in [2.75, 3.05) is 5.73 Å². The van der Waals surface area contributed by atoms with Gasteiger partial charge >= 0.3 is 5.97 Å². The number of carboxylic acid groups (broad SMARTS) is 1. The van der Waals surface area contributed by atoms with Crippen molar-refractivity contribution in [1.29, 1.82) is 0 Å². The maximum Gasteiger partial charge on any atom is 0.328 e. The summed E-state index contributed by atoms with van der Waals surface area (Å²) in [6.45, 7) is 3.18. The van der Waals surface area contributed by atoms with E-state index < -0.39 is 11.5 Å². The van der Waals surface area contributed by atoms with Gasteiger partial charge in [0.05, 0.1) is 0 Å². The number of aliphatic carboxylic acids is 1. The molecule has 14 heavy (non-hydrogen) atoms. The van der Waals surface area contributed by atoms with Crippen LogP contribution in [0.1, 0.15) is 18.1 Å². The van der Waals surface area contributed by atoms with Crippen LogP contribution in [0.15, 0.2) is 12.3 Å². The number of carboxylic acids is 1. The monoisotopic (exact) mass is 195 g/mol. The van der Waals surface area contributed by atoms with Crippen LogP contribution in [0, 0.1) is 6.92 Å². The number of hydrogen-bond acceptors (Lipinski definition) is 4. The predicted molar refractivity (Wildman–Crippen MR) is 52.6 cm³/mol. The molecule has 1 unspecified atom stereocenters. The smallest absolute Gasteiger partial charge is 0.328 e. The molecule has 0 aliphatic carbocycles. The van der Waals surface area contributed by atoms with Gasteiger partial charge in [0.1, 0.15) is 11.4 Å². The number of pyridine rings is 1. The maximum absolute atomic E-state index is 10.9. The predicted octanol–water partition coefficient (Wildman–Crippen LogP) is 0.231. The van der Waals surface area contributed by atoms with Crippen molar-refractivity contribution >= 4 is 11.8 Å². The van der Waals surface area contributed by atoms with Gasteiger partial charge in [-0.1, -0.05) is 0 Å². The normalized spacial score (nSPS) is 14.8. The number of anilines is 1. The molecule has 0 spiro atoms. The van der Waals surface area contributed by atoms with Crippen LogP contribution in [0.5, 0.6) is 0 Å². The number of nitrogens with two attached hydrogens (primary N) is 2. The molecule has 1 rings (SSSR count). The first kappa shape index (κ1) is 10.5. The molecule has 5 nitrogen and oxygen atoms in total. The van der Waals surface area contributed by atoms with Crippen molar-refractivity contribution in [1.82, 2.24) is 4.98 Å². The van der Waals surface area contributed by atoms with Crippen LogP contribution < -0.4 is 11.5 Å². The second-order valence-corrected chi connectivity index (χ2v) is 3.43. The van der Waals surface area contributed by atoms with Crippen molar-refractivity contribution in [3.05, 3.63) is 23.4 Å². The number of aromatic nitrogens is 1. The van der Waals surface area contributed by atoms with E-state index in [1.54, 1.807) is 13.0 Å². The molecule has 1 aromatic heterocycles. The lowest BCUT2D eigenvalue weighted by molar-refractivity contribution is -0.143. The summed E-state index contributed by atoms with van der Waals surface area (Å²) in [7, 11) is 0. The fraction of sp³-hybridized carbons (Fsp3) is 0.333. The number of nitrogens with zero attached hydrogens (tertiary/aromatic N) is 1. The third-order valence-electron chi connectivity index (χ3n) is 2.14. The average molecular weight is 195 g/mol. The van der Waals surface area contributed by atoms with Crippen molar-refractivity contribution in [2.45, 2.75) is 19.4 Å². The molecular formula is C9H13N3O2. The Morgan fingerprint density at radius 1 is 1.64 bits per heavy atom. The average Bonchev–Trinajstić information content (AvgIpc) is 2.02. The second kappa shape index (κ2) is 3.26. The third kappa shape index (κ3) is 1.67. The lowest BCUT2D eigenvalue weighted by Crippen LogP contribution is -2.42. The Hall–Kier alpha value is -1.62. The lowest BCUT2D eigenvalue weighted by atomic mass is 9.91. The number of carbonyl (C=O) groups is 1. The van der Waals surface area contributed by atoms with E-state index in [4.69, 9.17) is 16.6 Å². The highest BCUT2D eigenvalue weighted by molar-refractivity contribution is 5.80. The number of hydrogen-bond donors (Lipinski definition) is 3. The molecule has 0 aliphatic heterocycles. The molecule has 76 valence electrons. The topological polar surface area (TPSA) is 102 Å². The van der Waals surface area contributed by atoms with Crippen LogP contribution >= 0.6 is 0 Å². The van der Waals surface area contributed by atoms with Crippen molar-refractivity contribution < 1.29 is 9.90 Å². The van der Waals surface area contributed by atoms with Gasteiger partial charge in [-0.25, -0.2) is 9.78 Å². The van der Waals surface area contributed by atoms with E-state index in [0.717, 1.165) is 5.56 Å². The summed E-state index contributed by atoms with van der Waals surface area (Å²) >= 11 is 0. The highest BCUT2D eigenvalue weighted by Crippen LogP contribution is 2.21. The Labute approximate surface area is 81.7 Å². The molecule has 0 fully saturated rings. The van der Waals surface area contributed by atoms with Crippen LogP contribution in [0.4, 0.5) is 5.82 Å². The number of rotatable bonds is 2. The minimum absolute atomic E-state index is 0.354. The first-order valence-electron chi connectivity index (χ1n) is 4.10. The summed E-state index contributed by atoms with van der Waals surface area (Å²) in [5.74, 6) is -0.736. The molecule has 5 N–H and O–H groups in total. The molecule has 1 atom stereocenters. The molecule has 1 aromatic rings. The van der Waals surface area contributed by atoms with E-state index in [2.05, 4.69) is 4.98 Å². The molecule has 1 heterocycles. The van der Waals surface area contributed by atoms with Gasteiger partial charge in [0, 0.05) is 11.8 Å². The molecule has 0 amide bonds. The molecule has 0 saturated carbocycles. The van der Waals surface area contributed by atoms with Crippen molar-refractivity contribution in [3.63, 3.8) is 0 Å². The molecule has 0 bridgehead atoms. The minimum Gasteiger partial charge on any atom is -0.480 e. The van der Waals surface area contributed by atoms with E-state index in [-0.39, 0.29) is 0 Å². The Bertz CT molecular complexity index is 374. The summed E-state index contributed by atoms with van der Waals surface area (Å²) in [6, 6.07) is 1.60. The third-order valence-corrected chi connectivity index (χ3v) is 2.14. The van der Waals surface area contributed by atoms with Gasteiger partial charge in [0.25, 0.3) is 0 Å². The Morgan fingerprint density at radius 2 is 2.21 bits per heavy atom. The van der Waals surface area contributed by atoms with Gasteiger partial charge in [-0.05, 0) is 25.5 Å². The first-order chi connectivity index (χ1) is 6.35. The lowest BCUT2D eigenvalue weighted by Gasteiger charge is -2.21. The zero-order valence-corrected chi connectivity index (χ0v) is 8.11. The number of aryl methyl sites for hydroxylation is 1. The fourth-order valence-electron chi connectivity index (χ4n) is 1.24. The summed E-state index contributed by atoms with van der Waals surface area (Å²) in [5, 5.41) is 8.90. The summed E-state index contributed by atoms with van der Waals surface area (Å²) in [4.78, 5) is 14.7. The first-order valence-corrected chi connectivity index (χ1v) is 4.10. The van der Waals surface area contributed by atoms with Gasteiger partial charge in [0.2, 0.25) is 0 Å². The molecule has 0 aliphatic rings. The van der Waals surface area contributed by atoms with Crippen LogP contribution in [-0.4, -0.2) is 16.1 Å². The van der Waals surface area contributed by atoms with Gasteiger partial charge in [-0.15, -0.1) is 0 Å². The minimum atomic E-state index is -1.43. The second-order valence-electron chi connectivity index (χ2n) is 3.43. The van der Waals surface area contributed by atoms with E-state index in [1.165, 1.54) is 13.1 Å². The SMILES string of the molecule is Cc1cc(N)ncc1C(C)(N)C(=O)O. The molecular weight excluding hydrogens is 182 g/mol. The summed E-state index contributed by atoms with van der Waals surface area (Å²) < 4.78 is 0. The van der Waals surface area contributed by atoms with Gasteiger partial charge in [0.15, 0.2) is 0 Å². The molecule has 0 aromatic carbocycles. The van der Waals surface area contributed by atoms with Crippen LogP contribution in [0.25, 0.3) is 0 Å². The van der Waals surface area contributed by atoms with Crippen molar-refractivity contribution in [3.8, 4) is 0 Å². The Morgan fingerprint density at radius 3 is 2.64 bits per heavy atom. The van der Waals surface area contributed by atoms with Gasteiger partial charge in [-0.3, -0.25) is 0 Å². The summed E-state index contributed by atoms with van der Waals surface area (Å²) in [5.41, 5.74) is 10.9. The quantitative estimate of drug-likeness (QED) is 0.627. The largest absolute Gasteiger partial charge is 0.480 e. The maximum atomic E-state index is 10.9. The van der Waals surface area contributed by atoms with Crippen LogP contribution in [0.3, 0.4) is 0 Å². The number of nitrogen functional groups attached to an aromatic ring is 1. The molecule has 0 saturated heterocycles. The van der Waals surface area contributed by atoms with E-state index in [9.17, 15) is 4.79 Å². The van der Waals surface area contributed by atoms with Crippen LogP contribution in [-0.2, 0) is 10.3 Å². The van der Waals surface area contributed by atoms with E-state index in [0.29, 0.717) is 11.4 Å². The molecule has 5 heteroatoms. The standard InChI is InChI=1S/C9H13N3O2/c1-5-3-7(10)12-4-6(5)9(2,11)8(13)14/h3-4H,11H2,1-2H3,(H2,10,12)(H,13,14). The zero-order valence-electron chi connectivity index (χ0n) is 8.11. The summed E-state index contributed by atoms with van der Waals surface area (Å²) in [6.07, 6.45) is 1.40. The highest BCUT2D eigenvalue weighted by atomic mass is 16.4. The fourth-order valence-corrected chi connectivity index (χ4v) is 1.24. The van der Waals surface area contributed by atoms with E-state index >= 15 is 0 Å². The highest BCUT2D eigenvalue weighted by Gasteiger charge is 2.31. The van der Waals surface area contributed by atoms with E-state index in [1.807, 2.05) is 0 Å². The van der Waals surface area contributed by atoms with Gasteiger partial charge < -0.3 is 16.6 Å². The van der Waals surface area contributed by atoms with Crippen LogP contribution in [0.2, 0.25) is 0 Å². The Kier molecular flexibility index (Phi) is 2.44. The van der Waals surface area contributed by atoms with Gasteiger partial charge in [-0.2, -0.15) is 0 Å². The zero-order chi connectivity index (χ0) is 10.9. The molecule has 0 radical (unpaired) electrons. The van der Waals surface area contributed by atoms with Crippen molar-refractivity contribution in [2.24, 2.45) is 5.73 Å². The Balaban J connectivity index is 3.26.